The van der Waals surface area contributed by atoms with Gasteiger partial charge in [0.25, 0.3) is 0 Å². The molecule has 2 heterocycles. The van der Waals surface area contributed by atoms with Crippen LogP contribution in [-0.4, -0.2) is 61.8 Å². The van der Waals surface area contributed by atoms with Gasteiger partial charge in [-0.05, 0) is 37.5 Å². The number of carbonyl (C=O) groups is 1. The Balaban J connectivity index is 1.64. The average molecular weight is 421 g/mol. The molecule has 5 nitrogen and oxygen atoms in total. The van der Waals surface area contributed by atoms with Crippen molar-refractivity contribution in [2.24, 2.45) is 0 Å². The van der Waals surface area contributed by atoms with Crippen LogP contribution in [-0.2, 0) is 27.6 Å². The Labute approximate surface area is 171 Å². The summed E-state index contributed by atoms with van der Waals surface area (Å²) in [6.07, 6.45) is 1.42. The Hall–Kier alpha value is -1.70. The molecule has 3 rings (SSSR count). The maximum absolute atomic E-state index is 12.9. The minimum absolute atomic E-state index is 0.0107. The molecule has 0 spiro atoms. The van der Waals surface area contributed by atoms with E-state index in [1.165, 1.54) is 15.3 Å². The van der Waals surface area contributed by atoms with Gasteiger partial charge in [-0.2, -0.15) is 0 Å². The first kappa shape index (κ1) is 21.0. The summed E-state index contributed by atoms with van der Waals surface area (Å²) < 4.78 is 23.5. The largest absolute Gasteiger partial charge is 0.341 e. The molecule has 1 aromatic carbocycles. The van der Waals surface area contributed by atoms with E-state index in [-0.39, 0.29) is 23.5 Å². The first-order chi connectivity index (χ1) is 13.3. The quantitative estimate of drug-likeness (QED) is 0.659. The van der Waals surface area contributed by atoms with Crippen molar-refractivity contribution in [3.8, 4) is 0 Å². The molecule has 0 aliphatic carbocycles. The molecular weight excluding hydrogens is 392 g/mol. The van der Waals surface area contributed by atoms with E-state index in [4.69, 9.17) is 0 Å². The lowest BCUT2D eigenvalue weighted by molar-refractivity contribution is -0.132. The summed E-state index contributed by atoms with van der Waals surface area (Å²) in [5.74, 6) is 0.258. The monoisotopic (exact) mass is 420 g/mol. The summed E-state index contributed by atoms with van der Waals surface area (Å²) in [7, 11) is -1.27. The molecule has 1 saturated heterocycles. The fraction of sp³-hybridized carbons (Fsp3) is 0.476. The van der Waals surface area contributed by atoms with E-state index >= 15 is 0 Å². The average Bonchev–Trinajstić information content (AvgIpc) is 3.24. The number of amides is 1. The molecule has 0 radical (unpaired) electrons. The molecule has 28 heavy (non-hydrogen) atoms. The van der Waals surface area contributed by atoms with Crippen LogP contribution in [0, 0.1) is 6.92 Å². The fourth-order valence-corrected chi connectivity index (χ4v) is 6.23. The van der Waals surface area contributed by atoms with Gasteiger partial charge in [-0.3, -0.25) is 9.69 Å². The minimum atomic E-state index is -3.00. The van der Waals surface area contributed by atoms with Gasteiger partial charge in [0.1, 0.15) is 0 Å². The number of hydrogen-bond donors (Lipinski definition) is 0. The Morgan fingerprint density at radius 2 is 1.93 bits per heavy atom. The number of sulfone groups is 1. The molecule has 2 aromatic rings. The van der Waals surface area contributed by atoms with Gasteiger partial charge in [0.2, 0.25) is 5.91 Å². The van der Waals surface area contributed by atoms with Crippen molar-refractivity contribution in [2.45, 2.75) is 32.4 Å². The molecule has 1 atom stereocenters. The highest BCUT2D eigenvalue weighted by Crippen LogP contribution is 2.19. The van der Waals surface area contributed by atoms with E-state index in [0.717, 1.165) is 19.5 Å². The molecule has 0 saturated carbocycles. The first-order valence-electron chi connectivity index (χ1n) is 9.60. The SMILES string of the molecule is Cc1ccc(CN(CCc2ccccc2)CC(=O)N(C)[C@@H]2CCS(=O)(=O)C2)s1. The lowest BCUT2D eigenvalue weighted by Gasteiger charge is -2.28. The number of nitrogens with zero attached hydrogens (tertiary/aromatic N) is 2. The third-order valence-electron chi connectivity index (χ3n) is 5.24. The van der Waals surface area contributed by atoms with Crippen molar-refractivity contribution in [3.63, 3.8) is 0 Å². The number of thiophene rings is 1. The molecular formula is C21H28N2O3S2. The summed E-state index contributed by atoms with van der Waals surface area (Å²) in [5.41, 5.74) is 1.25. The van der Waals surface area contributed by atoms with Crippen LogP contribution in [0.3, 0.4) is 0 Å². The van der Waals surface area contributed by atoms with Crippen molar-refractivity contribution >= 4 is 27.1 Å². The van der Waals surface area contributed by atoms with Gasteiger partial charge in [0, 0.05) is 35.9 Å². The van der Waals surface area contributed by atoms with E-state index in [0.29, 0.717) is 13.0 Å². The van der Waals surface area contributed by atoms with Crippen LogP contribution in [0.2, 0.25) is 0 Å². The first-order valence-corrected chi connectivity index (χ1v) is 12.2. The van der Waals surface area contributed by atoms with Crippen LogP contribution >= 0.6 is 11.3 Å². The number of hydrogen-bond acceptors (Lipinski definition) is 5. The van der Waals surface area contributed by atoms with E-state index in [2.05, 4.69) is 36.1 Å². The molecule has 1 aliphatic rings. The van der Waals surface area contributed by atoms with Gasteiger partial charge in [-0.15, -0.1) is 11.3 Å². The standard InChI is InChI=1S/C21H28N2O3S2/c1-17-8-9-20(27-17)14-23(12-10-18-6-4-3-5-7-18)15-21(24)22(2)19-11-13-28(25,26)16-19/h3-9,19H,10-16H2,1-2H3/t19-/m1/s1. The third kappa shape index (κ3) is 5.90. The zero-order valence-electron chi connectivity index (χ0n) is 16.5. The van der Waals surface area contributed by atoms with Gasteiger partial charge < -0.3 is 4.90 Å². The highest BCUT2D eigenvalue weighted by atomic mass is 32.2. The van der Waals surface area contributed by atoms with Crippen molar-refractivity contribution in [1.82, 2.24) is 9.80 Å². The Kier molecular flexibility index (Phi) is 6.91. The van der Waals surface area contributed by atoms with E-state index in [9.17, 15) is 13.2 Å². The number of aryl methyl sites for hydroxylation is 1. The highest BCUT2D eigenvalue weighted by molar-refractivity contribution is 7.91. The zero-order valence-corrected chi connectivity index (χ0v) is 18.1. The lowest BCUT2D eigenvalue weighted by atomic mass is 10.1. The van der Waals surface area contributed by atoms with Crippen molar-refractivity contribution in [1.29, 1.82) is 0 Å². The number of carbonyl (C=O) groups excluding carboxylic acids is 1. The van der Waals surface area contributed by atoms with Gasteiger partial charge >= 0.3 is 0 Å². The molecule has 0 unspecified atom stereocenters. The number of benzene rings is 1. The topological polar surface area (TPSA) is 57.7 Å². The van der Waals surface area contributed by atoms with E-state index < -0.39 is 9.84 Å². The fourth-order valence-electron chi connectivity index (χ4n) is 3.52. The molecule has 1 amide bonds. The van der Waals surface area contributed by atoms with Gasteiger partial charge in [0.15, 0.2) is 9.84 Å². The molecule has 7 heteroatoms. The van der Waals surface area contributed by atoms with Crippen LogP contribution in [0.1, 0.15) is 21.7 Å². The van der Waals surface area contributed by atoms with Crippen molar-refractivity contribution < 1.29 is 13.2 Å². The maximum Gasteiger partial charge on any atom is 0.236 e. The van der Waals surface area contributed by atoms with Gasteiger partial charge in [-0.25, -0.2) is 8.42 Å². The second-order valence-electron chi connectivity index (χ2n) is 7.52. The van der Waals surface area contributed by atoms with Crippen LogP contribution in [0.5, 0.6) is 0 Å². The maximum atomic E-state index is 12.9. The summed E-state index contributed by atoms with van der Waals surface area (Å²) in [4.78, 5) is 19.2. The predicted molar refractivity (Wildman–Crippen MR) is 114 cm³/mol. The normalized spacial score (nSPS) is 18.5. The second-order valence-corrected chi connectivity index (χ2v) is 11.1. The van der Waals surface area contributed by atoms with Crippen LogP contribution in [0.4, 0.5) is 0 Å². The molecule has 0 bridgehead atoms. The molecule has 1 fully saturated rings. The summed E-state index contributed by atoms with van der Waals surface area (Å²) in [5, 5.41) is 0. The Morgan fingerprint density at radius 1 is 1.18 bits per heavy atom. The third-order valence-corrected chi connectivity index (χ3v) is 7.98. The highest BCUT2D eigenvalue weighted by Gasteiger charge is 2.33. The Bertz CT molecular complexity index is 893. The predicted octanol–water partition coefficient (Wildman–Crippen LogP) is 2.75. The van der Waals surface area contributed by atoms with Gasteiger partial charge in [0.05, 0.1) is 18.1 Å². The summed E-state index contributed by atoms with van der Waals surface area (Å²) in [6.45, 7) is 3.90. The van der Waals surface area contributed by atoms with Crippen molar-refractivity contribution in [2.75, 3.05) is 31.6 Å². The minimum Gasteiger partial charge on any atom is -0.341 e. The molecule has 0 N–H and O–H groups in total. The molecule has 1 aliphatic heterocycles. The molecule has 152 valence electrons. The van der Waals surface area contributed by atoms with E-state index in [1.807, 2.05) is 18.2 Å². The van der Waals surface area contributed by atoms with Crippen molar-refractivity contribution in [3.05, 3.63) is 57.8 Å². The number of likely N-dealkylation sites (N-methyl/N-ethyl adjacent to an activating group) is 1. The van der Waals surface area contributed by atoms with E-state index in [1.54, 1.807) is 23.3 Å². The smallest absolute Gasteiger partial charge is 0.236 e. The Morgan fingerprint density at radius 3 is 2.54 bits per heavy atom. The summed E-state index contributed by atoms with van der Waals surface area (Å²) in [6, 6.07) is 14.3. The lowest BCUT2D eigenvalue weighted by Crippen LogP contribution is -2.44. The van der Waals surface area contributed by atoms with Crippen LogP contribution in [0.15, 0.2) is 42.5 Å². The number of rotatable bonds is 8. The van der Waals surface area contributed by atoms with Crippen LogP contribution in [0.25, 0.3) is 0 Å². The van der Waals surface area contributed by atoms with Gasteiger partial charge in [-0.1, -0.05) is 30.3 Å². The second kappa shape index (κ2) is 9.20. The van der Waals surface area contributed by atoms with Crippen LogP contribution < -0.4 is 0 Å². The summed E-state index contributed by atoms with van der Waals surface area (Å²) >= 11 is 1.75. The zero-order chi connectivity index (χ0) is 20.1. The molecule has 1 aromatic heterocycles.